The molecule has 0 spiro atoms. The summed E-state index contributed by atoms with van der Waals surface area (Å²) in [6.45, 7) is 1.86. The third-order valence-corrected chi connectivity index (χ3v) is 1.44. The predicted molar refractivity (Wildman–Crippen MR) is 41.0 cm³/mol. The van der Waals surface area contributed by atoms with Crippen molar-refractivity contribution in [3.8, 4) is 0 Å². The molecule has 0 unspecified atom stereocenters. The second-order valence-corrected chi connectivity index (χ2v) is 2.26. The van der Waals surface area contributed by atoms with Crippen molar-refractivity contribution in [1.82, 2.24) is 0 Å². The van der Waals surface area contributed by atoms with E-state index >= 15 is 0 Å². The minimum atomic E-state index is -0.799. The molecule has 1 rings (SSSR count). The minimum Gasteiger partial charge on any atom is -0.480 e. The first-order chi connectivity index (χ1) is 4.20. The van der Waals surface area contributed by atoms with Crippen molar-refractivity contribution in [3.63, 3.8) is 0 Å². The molecule has 0 radical (unpaired) electrons. The van der Waals surface area contributed by atoms with E-state index in [0.717, 1.165) is 12.1 Å². The van der Waals surface area contributed by atoms with Crippen LogP contribution in [0.3, 0.4) is 0 Å². The van der Waals surface area contributed by atoms with E-state index in [9.17, 15) is 4.79 Å². The Labute approximate surface area is 65.6 Å². The number of carbonyl (C=O) groups is 1. The van der Waals surface area contributed by atoms with Gasteiger partial charge in [-0.3, -0.25) is 4.99 Å². The Morgan fingerprint density at radius 2 is 2.40 bits per heavy atom. The van der Waals surface area contributed by atoms with Crippen LogP contribution in [0.2, 0.25) is 0 Å². The van der Waals surface area contributed by atoms with Gasteiger partial charge in [0.15, 0.2) is 0 Å². The monoisotopic (exact) mass is 163 g/mol. The molecule has 0 fully saturated rings. The highest BCUT2D eigenvalue weighted by atomic mass is 35.5. The van der Waals surface area contributed by atoms with Crippen molar-refractivity contribution in [2.24, 2.45) is 4.99 Å². The number of halogens is 1. The highest BCUT2D eigenvalue weighted by Gasteiger charge is 2.20. The maximum Gasteiger partial charge on any atom is 0.328 e. The van der Waals surface area contributed by atoms with Crippen LogP contribution in [-0.4, -0.2) is 22.8 Å². The summed E-state index contributed by atoms with van der Waals surface area (Å²) in [5, 5.41) is 8.42. The Morgan fingerprint density at radius 3 is 2.60 bits per heavy atom. The van der Waals surface area contributed by atoms with Gasteiger partial charge >= 0.3 is 5.97 Å². The summed E-state index contributed by atoms with van der Waals surface area (Å²) in [5.74, 6) is -0.799. The van der Waals surface area contributed by atoms with E-state index in [1.54, 1.807) is 0 Å². The first kappa shape index (κ1) is 9.43. The van der Waals surface area contributed by atoms with Crippen LogP contribution in [0.25, 0.3) is 0 Å². The van der Waals surface area contributed by atoms with E-state index in [1.807, 2.05) is 6.92 Å². The summed E-state index contributed by atoms with van der Waals surface area (Å²) >= 11 is 0. The fourth-order valence-corrected chi connectivity index (χ4v) is 0.919. The summed E-state index contributed by atoms with van der Waals surface area (Å²) in [4.78, 5) is 14.1. The van der Waals surface area contributed by atoms with Crippen LogP contribution in [0.1, 0.15) is 19.8 Å². The van der Waals surface area contributed by atoms with Gasteiger partial charge in [0.05, 0.1) is 0 Å². The molecule has 0 saturated carbocycles. The van der Waals surface area contributed by atoms with Crippen molar-refractivity contribution in [1.29, 1.82) is 0 Å². The second kappa shape index (κ2) is 3.56. The van der Waals surface area contributed by atoms with Gasteiger partial charge in [0.2, 0.25) is 0 Å². The zero-order valence-corrected chi connectivity index (χ0v) is 6.52. The van der Waals surface area contributed by atoms with Gasteiger partial charge in [0, 0.05) is 5.71 Å². The second-order valence-electron chi connectivity index (χ2n) is 2.26. The predicted octanol–water partition coefficient (Wildman–Crippen LogP) is 1.12. The first-order valence-electron chi connectivity index (χ1n) is 2.96. The number of hydrogen-bond donors (Lipinski definition) is 1. The van der Waals surface area contributed by atoms with E-state index in [1.165, 1.54) is 0 Å². The Balaban J connectivity index is 0.000000810. The molecule has 0 aromatic carbocycles. The molecule has 1 aliphatic rings. The SMILES string of the molecule is CC1=N[C@H](C(=O)O)CC1.Cl. The Morgan fingerprint density at radius 1 is 1.80 bits per heavy atom. The van der Waals surface area contributed by atoms with Crippen LogP contribution in [0.5, 0.6) is 0 Å². The van der Waals surface area contributed by atoms with Crippen molar-refractivity contribution in [2.75, 3.05) is 0 Å². The Bertz CT molecular complexity index is 167. The third-order valence-electron chi connectivity index (χ3n) is 1.44. The molecular formula is C6H10ClNO2. The smallest absolute Gasteiger partial charge is 0.328 e. The summed E-state index contributed by atoms with van der Waals surface area (Å²) in [7, 11) is 0. The van der Waals surface area contributed by atoms with Crippen LogP contribution >= 0.6 is 12.4 Å². The molecule has 0 aromatic heterocycles. The molecular weight excluding hydrogens is 154 g/mol. The molecule has 3 nitrogen and oxygen atoms in total. The zero-order chi connectivity index (χ0) is 6.85. The lowest BCUT2D eigenvalue weighted by atomic mass is 10.2. The largest absolute Gasteiger partial charge is 0.480 e. The van der Waals surface area contributed by atoms with E-state index in [2.05, 4.69) is 4.99 Å². The van der Waals surface area contributed by atoms with Gasteiger partial charge in [-0.1, -0.05) is 0 Å². The zero-order valence-electron chi connectivity index (χ0n) is 5.70. The van der Waals surface area contributed by atoms with E-state index in [-0.39, 0.29) is 12.4 Å². The Kier molecular flexibility index (Phi) is 3.36. The fraction of sp³-hybridized carbons (Fsp3) is 0.667. The molecule has 0 aromatic rings. The quantitative estimate of drug-likeness (QED) is 0.630. The maximum atomic E-state index is 10.2. The molecule has 4 heteroatoms. The van der Waals surface area contributed by atoms with Crippen LogP contribution < -0.4 is 0 Å². The molecule has 1 N–H and O–H groups in total. The molecule has 0 bridgehead atoms. The summed E-state index contributed by atoms with van der Waals surface area (Å²) in [6, 6.07) is -0.454. The van der Waals surface area contributed by atoms with Gasteiger partial charge in [-0.05, 0) is 19.8 Å². The first-order valence-corrected chi connectivity index (χ1v) is 2.96. The molecule has 10 heavy (non-hydrogen) atoms. The van der Waals surface area contributed by atoms with E-state index in [4.69, 9.17) is 5.11 Å². The van der Waals surface area contributed by atoms with Crippen LogP contribution in [0, 0.1) is 0 Å². The topological polar surface area (TPSA) is 49.7 Å². The Hall–Kier alpha value is -0.570. The fourth-order valence-electron chi connectivity index (χ4n) is 0.919. The maximum absolute atomic E-state index is 10.2. The van der Waals surface area contributed by atoms with Crippen molar-refractivity contribution < 1.29 is 9.90 Å². The number of carboxylic acids is 1. The number of carboxylic acid groups (broad SMARTS) is 1. The van der Waals surface area contributed by atoms with Gasteiger partial charge in [-0.2, -0.15) is 0 Å². The number of rotatable bonds is 1. The minimum absolute atomic E-state index is 0. The molecule has 1 heterocycles. The number of nitrogens with zero attached hydrogens (tertiary/aromatic N) is 1. The molecule has 1 aliphatic heterocycles. The number of aliphatic carboxylic acids is 1. The summed E-state index contributed by atoms with van der Waals surface area (Å²) < 4.78 is 0. The summed E-state index contributed by atoms with van der Waals surface area (Å²) in [5.41, 5.74) is 0.961. The highest BCUT2D eigenvalue weighted by molar-refractivity contribution is 5.88. The molecule has 1 atom stereocenters. The molecule has 58 valence electrons. The summed E-state index contributed by atoms with van der Waals surface area (Å²) in [6.07, 6.45) is 1.53. The average molecular weight is 164 g/mol. The van der Waals surface area contributed by atoms with E-state index in [0.29, 0.717) is 6.42 Å². The molecule has 0 amide bonds. The number of hydrogen-bond acceptors (Lipinski definition) is 2. The normalized spacial score (nSPS) is 23.3. The van der Waals surface area contributed by atoms with Crippen LogP contribution in [0.4, 0.5) is 0 Å². The molecule has 0 saturated heterocycles. The highest BCUT2D eigenvalue weighted by Crippen LogP contribution is 2.12. The van der Waals surface area contributed by atoms with Crippen molar-refractivity contribution in [3.05, 3.63) is 0 Å². The molecule has 0 aliphatic carbocycles. The van der Waals surface area contributed by atoms with Crippen LogP contribution in [-0.2, 0) is 4.79 Å². The van der Waals surface area contributed by atoms with Gasteiger partial charge < -0.3 is 5.11 Å². The lowest BCUT2D eigenvalue weighted by Crippen LogP contribution is -2.13. The standard InChI is InChI=1S/C6H9NO2.ClH/c1-4-2-3-5(7-4)6(8)9;/h5H,2-3H2,1H3,(H,8,9);1H/t5-;/m0./s1. The van der Waals surface area contributed by atoms with Gasteiger partial charge in [0.1, 0.15) is 6.04 Å². The average Bonchev–Trinajstić information content (AvgIpc) is 2.14. The van der Waals surface area contributed by atoms with Gasteiger partial charge in [-0.15, -0.1) is 12.4 Å². The van der Waals surface area contributed by atoms with Crippen LogP contribution in [0.15, 0.2) is 4.99 Å². The third kappa shape index (κ3) is 1.99. The van der Waals surface area contributed by atoms with Crippen molar-refractivity contribution in [2.45, 2.75) is 25.8 Å². The van der Waals surface area contributed by atoms with E-state index < -0.39 is 12.0 Å². The lowest BCUT2D eigenvalue weighted by molar-refractivity contribution is -0.138. The number of aliphatic imine (C=N–C) groups is 1. The lowest BCUT2D eigenvalue weighted by Gasteiger charge is -1.94. The van der Waals surface area contributed by atoms with Gasteiger partial charge in [0.25, 0.3) is 0 Å². The van der Waals surface area contributed by atoms with Gasteiger partial charge in [-0.25, -0.2) is 4.79 Å². The van der Waals surface area contributed by atoms with Crippen molar-refractivity contribution >= 4 is 24.1 Å².